The van der Waals surface area contributed by atoms with E-state index >= 15 is 0 Å². The van der Waals surface area contributed by atoms with Gasteiger partial charge in [-0.05, 0) is 43.9 Å². The molecule has 30 heavy (non-hydrogen) atoms. The van der Waals surface area contributed by atoms with Crippen LogP contribution in [0.5, 0.6) is 0 Å². The second-order valence-electron chi connectivity index (χ2n) is 7.66. The molecule has 2 heterocycles. The average Bonchev–Trinajstić information content (AvgIpc) is 3.55. The highest BCUT2D eigenvalue weighted by Crippen LogP contribution is 2.41. The molecule has 1 aromatic carbocycles. The smallest absolute Gasteiger partial charge is 0.233 e. The summed E-state index contributed by atoms with van der Waals surface area (Å²) in [5.74, 6) is 1.20. The molecule has 1 aliphatic carbocycles. The highest BCUT2D eigenvalue weighted by Gasteiger charge is 2.31. The Morgan fingerprint density at radius 3 is 2.57 bits per heavy atom. The van der Waals surface area contributed by atoms with Crippen LogP contribution in [-0.2, 0) is 4.79 Å². The number of hydrogen-bond donors (Lipinski definition) is 1. The minimum atomic E-state index is -0.245. The zero-order chi connectivity index (χ0) is 20.9. The molecule has 1 fully saturated rings. The van der Waals surface area contributed by atoms with Gasteiger partial charge in [-0.3, -0.25) is 14.3 Å². The van der Waals surface area contributed by atoms with E-state index in [4.69, 9.17) is 0 Å². The van der Waals surface area contributed by atoms with Gasteiger partial charge in [-0.2, -0.15) is 0 Å². The van der Waals surface area contributed by atoms with Gasteiger partial charge in [-0.25, -0.2) is 0 Å². The molecule has 0 aliphatic heterocycles. The predicted octanol–water partition coefficient (Wildman–Crippen LogP) is 4.47. The zero-order valence-electron chi connectivity index (χ0n) is 17.4. The lowest BCUT2D eigenvalue weighted by molar-refractivity contribution is -0.120. The van der Waals surface area contributed by atoms with Crippen molar-refractivity contribution in [1.82, 2.24) is 25.1 Å². The summed E-state index contributed by atoms with van der Waals surface area (Å²) in [6.45, 7) is 4.73. The molecule has 0 saturated heterocycles. The molecule has 0 unspecified atom stereocenters. The summed E-state index contributed by atoms with van der Waals surface area (Å²) in [5.41, 5.74) is 2.26. The average molecular weight is 422 g/mol. The van der Waals surface area contributed by atoms with Crippen LogP contribution in [0.3, 0.4) is 0 Å². The van der Waals surface area contributed by atoms with E-state index in [0.29, 0.717) is 18.5 Å². The van der Waals surface area contributed by atoms with Gasteiger partial charge in [-0.1, -0.05) is 49.0 Å². The maximum absolute atomic E-state index is 12.8. The van der Waals surface area contributed by atoms with E-state index in [1.54, 1.807) is 12.4 Å². The lowest BCUT2D eigenvalue weighted by Gasteiger charge is -2.18. The van der Waals surface area contributed by atoms with E-state index in [-0.39, 0.29) is 11.2 Å². The van der Waals surface area contributed by atoms with E-state index in [1.165, 1.54) is 17.3 Å². The number of aromatic nitrogens is 4. The standard InChI is InChI=1S/C23H27N5OS/c1-3-17(18-7-5-4-6-8-18)15-25-22(29)16(2)30-23-27-26-21(28(23)20-9-10-20)19-11-13-24-14-12-19/h4-8,11-14,16-17,20H,3,9-10,15H2,1-2H3,(H,25,29)/t16-,17+/m1/s1. The molecule has 6 nitrogen and oxygen atoms in total. The van der Waals surface area contributed by atoms with Gasteiger partial charge in [0.15, 0.2) is 11.0 Å². The van der Waals surface area contributed by atoms with Crippen LogP contribution < -0.4 is 5.32 Å². The summed E-state index contributed by atoms with van der Waals surface area (Å²) < 4.78 is 2.18. The van der Waals surface area contributed by atoms with Crippen LogP contribution in [-0.4, -0.2) is 37.5 Å². The van der Waals surface area contributed by atoms with Gasteiger partial charge < -0.3 is 5.32 Å². The highest BCUT2D eigenvalue weighted by molar-refractivity contribution is 8.00. The predicted molar refractivity (Wildman–Crippen MR) is 119 cm³/mol. The van der Waals surface area contributed by atoms with Crippen molar-refractivity contribution in [2.75, 3.05) is 6.54 Å². The molecule has 1 N–H and O–H groups in total. The largest absolute Gasteiger partial charge is 0.355 e. The maximum Gasteiger partial charge on any atom is 0.233 e. The molecule has 0 radical (unpaired) electrons. The molecule has 1 aliphatic rings. The second kappa shape index (κ2) is 9.43. The van der Waals surface area contributed by atoms with Crippen molar-refractivity contribution < 1.29 is 4.79 Å². The van der Waals surface area contributed by atoms with Crippen molar-refractivity contribution in [2.45, 2.75) is 55.5 Å². The number of benzene rings is 1. The molecule has 3 aromatic rings. The SMILES string of the molecule is CC[C@@H](CNC(=O)[C@@H](C)Sc1nnc(-c2ccncc2)n1C1CC1)c1ccccc1. The van der Waals surface area contributed by atoms with Crippen molar-refractivity contribution in [3.8, 4) is 11.4 Å². The lowest BCUT2D eigenvalue weighted by atomic mass is 9.96. The van der Waals surface area contributed by atoms with Crippen molar-refractivity contribution >= 4 is 17.7 Å². The number of nitrogens with one attached hydrogen (secondary N) is 1. The molecule has 4 rings (SSSR count). The topological polar surface area (TPSA) is 72.7 Å². The fraction of sp³-hybridized carbons (Fsp3) is 0.391. The Labute approximate surface area is 181 Å². The Morgan fingerprint density at radius 2 is 1.90 bits per heavy atom. The second-order valence-corrected chi connectivity index (χ2v) is 8.97. The van der Waals surface area contributed by atoms with Crippen LogP contribution in [0.2, 0.25) is 0 Å². The van der Waals surface area contributed by atoms with E-state index in [1.807, 2.05) is 37.3 Å². The van der Waals surface area contributed by atoms with E-state index in [0.717, 1.165) is 35.8 Å². The fourth-order valence-corrected chi connectivity index (χ4v) is 4.46. The Morgan fingerprint density at radius 1 is 1.17 bits per heavy atom. The van der Waals surface area contributed by atoms with Gasteiger partial charge in [0.05, 0.1) is 5.25 Å². The quantitative estimate of drug-likeness (QED) is 0.516. The minimum absolute atomic E-state index is 0.0326. The molecule has 2 aromatic heterocycles. The Hall–Kier alpha value is -2.67. The number of rotatable bonds is 9. The molecular formula is C23H27N5OS. The highest BCUT2D eigenvalue weighted by atomic mass is 32.2. The molecule has 7 heteroatoms. The van der Waals surface area contributed by atoms with Crippen molar-refractivity contribution in [1.29, 1.82) is 0 Å². The van der Waals surface area contributed by atoms with E-state index < -0.39 is 0 Å². The first-order chi connectivity index (χ1) is 14.7. The molecule has 1 saturated carbocycles. The summed E-state index contributed by atoms with van der Waals surface area (Å²) in [6.07, 6.45) is 6.76. The number of pyridine rings is 1. The van der Waals surface area contributed by atoms with Crippen molar-refractivity contribution in [3.05, 3.63) is 60.4 Å². The number of nitrogens with zero attached hydrogens (tertiary/aromatic N) is 4. The summed E-state index contributed by atoms with van der Waals surface area (Å²) in [6, 6.07) is 14.7. The molecular weight excluding hydrogens is 394 g/mol. The third-order valence-electron chi connectivity index (χ3n) is 5.45. The molecule has 1 amide bonds. The Kier molecular flexibility index (Phi) is 6.47. The van der Waals surface area contributed by atoms with Gasteiger partial charge in [0, 0.05) is 36.5 Å². The maximum atomic E-state index is 12.8. The monoisotopic (exact) mass is 421 g/mol. The summed E-state index contributed by atoms with van der Waals surface area (Å²) in [4.78, 5) is 16.9. The van der Waals surface area contributed by atoms with Crippen LogP contribution in [0, 0.1) is 0 Å². The number of hydrogen-bond acceptors (Lipinski definition) is 5. The Bertz CT molecular complexity index is 972. The first-order valence-corrected chi connectivity index (χ1v) is 11.4. The number of amides is 1. The van der Waals surface area contributed by atoms with E-state index in [9.17, 15) is 4.79 Å². The van der Waals surface area contributed by atoms with Gasteiger partial charge >= 0.3 is 0 Å². The third-order valence-corrected chi connectivity index (χ3v) is 6.51. The number of thioether (sulfide) groups is 1. The third kappa shape index (κ3) is 4.73. The van der Waals surface area contributed by atoms with Crippen molar-refractivity contribution in [2.24, 2.45) is 0 Å². The molecule has 0 spiro atoms. The van der Waals surface area contributed by atoms with Crippen LogP contribution >= 0.6 is 11.8 Å². The summed E-state index contributed by atoms with van der Waals surface area (Å²) in [7, 11) is 0. The first-order valence-electron chi connectivity index (χ1n) is 10.5. The Balaban J connectivity index is 1.42. The van der Waals surface area contributed by atoms with Gasteiger partial charge in [0.1, 0.15) is 0 Å². The van der Waals surface area contributed by atoms with E-state index in [2.05, 4.69) is 44.1 Å². The summed E-state index contributed by atoms with van der Waals surface area (Å²) >= 11 is 1.48. The molecule has 2 atom stereocenters. The lowest BCUT2D eigenvalue weighted by Crippen LogP contribution is -2.34. The number of carbonyl (C=O) groups is 1. The number of carbonyl (C=O) groups excluding carboxylic acids is 1. The van der Waals surface area contributed by atoms with Crippen LogP contribution in [0.4, 0.5) is 0 Å². The normalized spacial score (nSPS) is 15.5. The van der Waals surface area contributed by atoms with Gasteiger partial charge in [0.2, 0.25) is 5.91 Å². The minimum Gasteiger partial charge on any atom is -0.355 e. The molecule has 0 bridgehead atoms. The van der Waals surface area contributed by atoms with Crippen LogP contribution in [0.25, 0.3) is 11.4 Å². The van der Waals surface area contributed by atoms with Gasteiger partial charge in [-0.15, -0.1) is 10.2 Å². The molecule has 156 valence electrons. The van der Waals surface area contributed by atoms with Crippen LogP contribution in [0.15, 0.2) is 60.0 Å². The van der Waals surface area contributed by atoms with Crippen LogP contribution in [0.1, 0.15) is 50.6 Å². The fourth-order valence-electron chi connectivity index (χ4n) is 3.52. The summed E-state index contributed by atoms with van der Waals surface area (Å²) in [5, 5.41) is 12.5. The van der Waals surface area contributed by atoms with Crippen molar-refractivity contribution in [3.63, 3.8) is 0 Å². The first kappa shape index (κ1) is 20.6. The van der Waals surface area contributed by atoms with Gasteiger partial charge in [0.25, 0.3) is 0 Å². The zero-order valence-corrected chi connectivity index (χ0v) is 18.2.